The summed E-state index contributed by atoms with van der Waals surface area (Å²) in [4.78, 5) is 31.6. The third-order valence-electron chi connectivity index (χ3n) is 4.48. The first-order valence-corrected chi connectivity index (χ1v) is 9.40. The summed E-state index contributed by atoms with van der Waals surface area (Å²) in [6.45, 7) is 13.7. The van der Waals surface area contributed by atoms with Crippen LogP contribution in [0.3, 0.4) is 0 Å². The summed E-state index contributed by atoms with van der Waals surface area (Å²) in [5, 5.41) is 0. The fourth-order valence-electron chi connectivity index (χ4n) is 2.81. The molecule has 0 radical (unpaired) electrons. The molecule has 166 valence electrons. The van der Waals surface area contributed by atoms with Crippen LogP contribution in [0, 0.1) is 32.4 Å². The number of Topliss-reactive ketones (excluding diaryl/α,β-unsaturated/α-hetero) is 1. The summed E-state index contributed by atoms with van der Waals surface area (Å²) >= 11 is 0. The minimum atomic E-state index is -0.682. The van der Waals surface area contributed by atoms with Gasteiger partial charge in [0.25, 0.3) is 0 Å². The molecule has 0 fully saturated rings. The van der Waals surface area contributed by atoms with Crippen molar-refractivity contribution in [1.82, 2.24) is 9.55 Å². The Kier molecular flexibility index (Phi) is 12.2. The second-order valence-electron chi connectivity index (χ2n) is 6.35. The van der Waals surface area contributed by atoms with Crippen LogP contribution in [-0.2, 0) is 16.1 Å². The van der Waals surface area contributed by atoms with Gasteiger partial charge in [0.2, 0.25) is 0 Å². The molecule has 31 heavy (non-hydrogen) atoms. The van der Waals surface area contributed by atoms with E-state index in [9.17, 15) is 13.6 Å². The lowest BCUT2D eigenvalue weighted by Crippen LogP contribution is -2.07. The maximum atomic E-state index is 13.8. The van der Waals surface area contributed by atoms with Crippen molar-refractivity contribution in [3.05, 3.63) is 76.7 Å². The highest BCUT2D eigenvalue weighted by molar-refractivity contribution is 5.91. The molecular formula is C24H28F2N2O3. The normalized spacial score (nSPS) is 9.26. The SMILES string of the molecule is C=O.C=O.CCn1c(C(C)=O)nc(-c2c(F)cccc2F)c1C.Cc1ccccc1C. The fraction of sp³-hybridized carbons (Fsp3) is 0.250. The zero-order valence-corrected chi connectivity index (χ0v) is 18.5. The van der Waals surface area contributed by atoms with E-state index in [1.54, 1.807) is 11.5 Å². The van der Waals surface area contributed by atoms with Gasteiger partial charge in [0.15, 0.2) is 11.6 Å². The molecule has 3 aromatic rings. The molecule has 0 unspecified atom stereocenters. The van der Waals surface area contributed by atoms with Gasteiger partial charge < -0.3 is 14.2 Å². The van der Waals surface area contributed by atoms with Gasteiger partial charge in [0.1, 0.15) is 25.2 Å². The van der Waals surface area contributed by atoms with Gasteiger partial charge in [-0.05, 0) is 51.0 Å². The molecule has 0 saturated carbocycles. The van der Waals surface area contributed by atoms with Crippen molar-refractivity contribution in [2.24, 2.45) is 0 Å². The Morgan fingerprint density at radius 2 is 1.35 bits per heavy atom. The lowest BCUT2D eigenvalue weighted by Gasteiger charge is -2.05. The monoisotopic (exact) mass is 430 g/mol. The van der Waals surface area contributed by atoms with Crippen LogP contribution in [0.15, 0.2) is 42.5 Å². The summed E-state index contributed by atoms with van der Waals surface area (Å²) in [5.74, 6) is -1.37. The van der Waals surface area contributed by atoms with Crippen molar-refractivity contribution in [1.29, 1.82) is 0 Å². The molecule has 1 aromatic heterocycles. The van der Waals surface area contributed by atoms with Crippen molar-refractivity contribution < 1.29 is 23.2 Å². The molecule has 0 bridgehead atoms. The van der Waals surface area contributed by atoms with Crippen molar-refractivity contribution in [3.8, 4) is 11.3 Å². The van der Waals surface area contributed by atoms with Gasteiger partial charge in [0.05, 0.1) is 11.3 Å². The molecule has 2 aromatic carbocycles. The maximum Gasteiger partial charge on any atom is 0.195 e. The van der Waals surface area contributed by atoms with Crippen LogP contribution < -0.4 is 0 Å². The Morgan fingerprint density at radius 1 is 0.903 bits per heavy atom. The molecule has 3 rings (SSSR count). The minimum Gasteiger partial charge on any atom is -0.326 e. The van der Waals surface area contributed by atoms with Gasteiger partial charge in [-0.15, -0.1) is 0 Å². The zero-order valence-electron chi connectivity index (χ0n) is 18.5. The predicted molar refractivity (Wildman–Crippen MR) is 118 cm³/mol. The highest BCUT2D eigenvalue weighted by Gasteiger charge is 2.21. The molecule has 0 N–H and O–H groups in total. The molecule has 0 aliphatic carbocycles. The van der Waals surface area contributed by atoms with E-state index < -0.39 is 11.6 Å². The second kappa shape index (κ2) is 13.7. The number of hydrogen-bond donors (Lipinski definition) is 0. The number of aromatic nitrogens is 2. The van der Waals surface area contributed by atoms with Crippen LogP contribution in [-0.4, -0.2) is 28.9 Å². The van der Waals surface area contributed by atoms with Crippen LogP contribution in [0.1, 0.15) is 41.3 Å². The van der Waals surface area contributed by atoms with Gasteiger partial charge in [-0.1, -0.05) is 30.3 Å². The third kappa shape index (κ3) is 7.06. The molecule has 0 atom stereocenters. The van der Waals surface area contributed by atoms with Crippen LogP contribution in [0.5, 0.6) is 0 Å². The Balaban J connectivity index is 0.000000625. The van der Waals surface area contributed by atoms with E-state index in [-0.39, 0.29) is 22.9 Å². The predicted octanol–water partition coefficient (Wildman–Crippen LogP) is 5.29. The van der Waals surface area contributed by atoms with E-state index in [1.165, 1.54) is 36.2 Å². The number of benzene rings is 2. The lowest BCUT2D eigenvalue weighted by atomic mass is 10.1. The van der Waals surface area contributed by atoms with Gasteiger partial charge in [-0.25, -0.2) is 13.8 Å². The first kappa shape index (κ1) is 27.5. The Hall–Kier alpha value is -3.48. The average molecular weight is 430 g/mol. The molecule has 7 heteroatoms. The summed E-state index contributed by atoms with van der Waals surface area (Å²) in [6.07, 6.45) is 0. The number of rotatable bonds is 3. The Labute approximate surface area is 181 Å². The summed E-state index contributed by atoms with van der Waals surface area (Å²) in [7, 11) is 0. The number of ketones is 1. The lowest BCUT2D eigenvalue weighted by molar-refractivity contribution is -0.0987. The van der Waals surface area contributed by atoms with E-state index in [0.29, 0.717) is 12.2 Å². The highest BCUT2D eigenvalue weighted by atomic mass is 19.1. The first-order chi connectivity index (χ1) is 14.8. The number of imidazole rings is 1. The molecule has 0 saturated heterocycles. The van der Waals surface area contributed by atoms with E-state index in [1.807, 2.05) is 20.5 Å². The first-order valence-electron chi connectivity index (χ1n) is 9.40. The molecule has 0 aliphatic rings. The Morgan fingerprint density at radius 3 is 1.68 bits per heavy atom. The van der Waals surface area contributed by atoms with Gasteiger partial charge >= 0.3 is 0 Å². The number of nitrogens with zero attached hydrogens (tertiary/aromatic N) is 2. The van der Waals surface area contributed by atoms with Gasteiger partial charge in [0, 0.05) is 19.2 Å². The van der Waals surface area contributed by atoms with E-state index in [0.717, 1.165) is 0 Å². The highest BCUT2D eigenvalue weighted by Crippen LogP contribution is 2.28. The van der Waals surface area contributed by atoms with Crippen LogP contribution >= 0.6 is 0 Å². The summed E-state index contributed by atoms with van der Waals surface area (Å²) < 4.78 is 29.2. The van der Waals surface area contributed by atoms with Crippen molar-refractivity contribution in [2.45, 2.75) is 41.2 Å². The topological polar surface area (TPSA) is 69.0 Å². The third-order valence-corrected chi connectivity index (χ3v) is 4.48. The summed E-state index contributed by atoms with van der Waals surface area (Å²) in [6, 6.07) is 12.0. The molecule has 0 aliphatic heterocycles. The molecule has 1 heterocycles. The van der Waals surface area contributed by atoms with E-state index in [2.05, 4.69) is 43.1 Å². The second-order valence-corrected chi connectivity index (χ2v) is 6.35. The van der Waals surface area contributed by atoms with Gasteiger partial charge in [-0.2, -0.15) is 0 Å². The molecule has 5 nitrogen and oxygen atoms in total. The quantitative estimate of drug-likeness (QED) is 0.529. The largest absolute Gasteiger partial charge is 0.326 e. The van der Waals surface area contributed by atoms with Crippen molar-refractivity contribution >= 4 is 19.4 Å². The van der Waals surface area contributed by atoms with Crippen LogP contribution in [0.4, 0.5) is 8.78 Å². The van der Waals surface area contributed by atoms with Crippen molar-refractivity contribution in [2.75, 3.05) is 0 Å². The fourth-order valence-corrected chi connectivity index (χ4v) is 2.81. The number of halogens is 2. The zero-order chi connectivity index (χ0) is 24.1. The average Bonchev–Trinajstić information content (AvgIpc) is 3.10. The minimum absolute atomic E-state index is 0.183. The van der Waals surface area contributed by atoms with Crippen LogP contribution in [0.25, 0.3) is 11.3 Å². The molecular weight excluding hydrogens is 402 g/mol. The van der Waals surface area contributed by atoms with Gasteiger partial charge in [-0.3, -0.25) is 4.79 Å². The maximum absolute atomic E-state index is 13.8. The number of hydrogen-bond acceptors (Lipinski definition) is 4. The molecule has 0 spiro atoms. The smallest absolute Gasteiger partial charge is 0.195 e. The molecule has 0 amide bonds. The van der Waals surface area contributed by atoms with E-state index in [4.69, 9.17) is 9.59 Å². The Bertz CT molecular complexity index is 957. The number of carbonyl (C=O) groups is 3. The number of carbonyl (C=O) groups excluding carboxylic acids is 3. The summed E-state index contributed by atoms with van der Waals surface area (Å²) in [5.41, 5.74) is 3.31. The standard InChI is InChI=1S/C14H14F2N2O.C8H10.2CH2O/c1-4-18-8(2)13(17-14(18)9(3)19)12-10(15)6-5-7-11(12)16;1-7-5-3-4-6-8(7)2;2*1-2/h5-7H,4H2,1-3H3;3-6H,1-2H3;2*1H2. The van der Waals surface area contributed by atoms with Crippen molar-refractivity contribution in [3.63, 3.8) is 0 Å². The van der Waals surface area contributed by atoms with E-state index >= 15 is 0 Å². The number of aryl methyl sites for hydroxylation is 2. The van der Waals surface area contributed by atoms with Crippen LogP contribution in [0.2, 0.25) is 0 Å².